The van der Waals surface area contributed by atoms with E-state index in [9.17, 15) is 9.59 Å². The quantitative estimate of drug-likeness (QED) is 0.680. The number of carbonyl (C=O) groups is 2. The van der Waals surface area contributed by atoms with Gasteiger partial charge in [0.15, 0.2) is 0 Å². The van der Waals surface area contributed by atoms with Gasteiger partial charge in [-0.1, -0.05) is 13.8 Å². The Balaban J connectivity index is 4.17. The molecule has 0 aliphatic heterocycles. The summed E-state index contributed by atoms with van der Waals surface area (Å²) in [5.74, 6) is -0.162. The van der Waals surface area contributed by atoms with Gasteiger partial charge in [-0.25, -0.2) is 0 Å². The van der Waals surface area contributed by atoms with Gasteiger partial charge in [-0.05, 0) is 12.8 Å². The third-order valence-corrected chi connectivity index (χ3v) is 2.44. The Morgan fingerprint density at radius 1 is 1.14 bits per heavy atom. The molecule has 0 aromatic carbocycles. The van der Waals surface area contributed by atoms with Crippen molar-refractivity contribution in [3.05, 3.63) is 0 Å². The van der Waals surface area contributed by atoms with Gasteiger partial charge in [-0.3, -0.25) is 9.59 Å². The molecular weight excluding hydrogens is 180 g/mol. The summed E-state index contributed by atoms with van der Waals surface area (Å²) in [4.78, 5) is 22.6. The van der Waals surface area contributed by atoms with Crippen LogP contribution in [0.1, 0.15) is 26.7 Å². The van der Waals surface area contributed by atoms with Crippen molar-refractivity contribution in [1.29, 1.82) is 0 Å². The van der Waals surface area contributed by atoms with E-state index in [1.54, 1.807) is 14.1 Å². The molecule has 0 aromatic heterocycles. The Morgan fingerprint density at radius 3 is 2.00 bits per heavy atom. The van der Waals surface area contributed by atoms with E-state index < -0.39 is 0 Å². The van der Waals surface area contributed by atoms with Gasteiger partial charge < -0.3 is 10.6 Å². The zero-order valence-corrected chi connectivity index (χ0v) is 9.39. The predicted octanol–water partition coefficient (Wildman–Crippen LogP) is 0.531. The Morgan fingerprint density at radius 2 is 1.64 bits per heavy atom. The van der Waals surface area contributed by atoms with Crippen LogP contribution in [0.25, 0.3) is 0 Å². The normalized spacial score (nSPS) is 14.3. The van der Waals surface area contributed by atoms with Gasteiger partial charge in [0.1, 0.15) is 0 Å². The fraction of sp³-hybridized carbons (Fsp3) is 0.800. The summed E-state index contributed by atoms with van der Waals surface area (Å²) in [6.45, 7) is 3.79. The largest absolute Gasteiger partial charge is 0.359 e. The molecule has 14 heavy (non-hydrogen) atoms. The third kappa shape index (κ3) is 3.77. The topological polar surface area (TPSA) is 58.2 Å². The highest BCUT2D eigenvalue weighted by atomic mass is 16.2. The summed E-state index contributed by atoms with van der Waals surface area (Å²) in [6, 6.07) is 0. The van der Waals surface area contributed by atoms with Crippen molar-refractivity contribution in [2.45, 2.75) is 26.7 Å². The Kier molecular flexibility index (Phi) is 5.92. The lowest BCUT2D eigenvalue weighted by Crippen LogP contribution is -2.32. The maximum atomic E-state index is 11.3. The summed E-state index contributed by atoms with van der Waals surface area (Å²) in [7, 11) is 3.23. The molecule has 0 aliphatic rings. The van der Waals surface area contributed by atoms with Gasteiger partial charge in [-0.15, -0.1) is 0 Å². The smallest absolute Gasteiger partial charge is 0.222 e. The molecule has 2 amide bonds. The average Bonchev–Trinajstić information content (AvgIpc) is 2.22. The van der Waals surface area contributed by atoms with E-state index >= 15 is 0 Å². The van der Waals surface area contributed by atoms with Gasteiger partial charge >= 0.3 is 0 Å². The van der Waals surface area contributed by atoms with E-state index in [-0.39, 0.29) is 23.7 Å². The van der Waals surface area contributed by atoms with E-state index in [0.717, 1.165) is 6.42 Å². The van der Waals surface area contributed by atoms with Crippen LogP contribution in [0.15, 0.2) is 0 Å². The highest BCUT2D eigenvalue weighted by Gasteiger charge is 2.21. The molecule has 0 fully saturated rings. The molecular formula is C10H20N2O2. The lowest BCUT2D eigenvalue weighted by Gasteiger charge is -2.17. The molecule has 0 saturated carbocycles. The Bertz CT molecular complexity index is 204. The molecule has 4 nitrogen and oxygen atoms in total. The number of hydrogen-bond donors (Lipinski definition) is 2. The Hall–Kier alpha value is -1.06. The van der Waals surface area contributed by atoms with Crippen LogP contribution >= 0.6 is 0 Å². The van der Waals surface area contributed by atoms with Gasteiger partial charge in [0.25, 0.3) is 0 Å². The van der Waals surface area contributed by atoms with Crippen molar-refractivity contribution in [2.24, 2.45) is 11.8 Å². The van der Waals surface area contributed by atoms with Crippen LogP contribution in [0.5, 0.6) is 0 Å². The molecule has 2 atom stereocenters. The van der Waals surface area contributed by atoms with Gasteiger partial charge in [-0.2, -0.15) is 0 Å². The van der Waals surface area contributed by atoms with Crippen molar-refractivity contribution in [1.82, 2.24) is 10.6 Å². The van der Waals surface area contributed by atoms with Crippen molar-refractivity contribution < 1.29 is 9.59 Å². The lowest BCUT2D eigenvalue weighted by atomic mass is 9.92. The minimum absolute atomic E-state index is 0.00708. The summed E-state index contributed by atoms with van der Waals surface area (Å²) < 4.78 is 0. The zero-order chi connectivity index (χ0) is 11.1. The molecule has 0 heterocycles. The lowest BCUT2D eigenvalue weighted by molar-refractivity contribution is -0.127. The van der Waals surface area contributed by atoms with Crippen LogP contribution in [-0.2, 0) is 9.59 Å². The third-order valence-electron chi connectivity index (χ3n) is 2.44. The van der Waals surface area contributed by atoms with Crippen LogP contribution in [0.4, 0.5) is 0 Å². The molecule has 0 aliphatic carbocycles. The highest BCUT2D eigenvalue weighted by Crippen LogP contribution is 2.15. The van der Waals surface area contributed by atoms with E-state index in [0.29, 0.717) is 6.42 Å². The maximum Gasteiger partial charge on any atom is 0.222 e. The zero-order valence-electron chi connectivity index (χ0n) is 9.39. The number of hydrogen-bond acceptors (Lipinski definition) is 2. The number of amides is 2. The second kappa shape index (κ2) is 6.40. The van der Waals surface area contributed by atoms with Crippen LogP contribution in [0, 0.1) is 11.8 Å². The highest BCUT2D eigenvalue weighted by molar-refractivity contribution is 5.81. The molecule has 4 heteroatoms. The predicted molar refractivity (Wildman–Crippen MR) is 55.7 cm³/mol. The van der Waals surface area contributed by atoms with Crippen LogP contribution in [0.3, 0.4) is 0 Å². The first-order valence-corrected chi connectivity index (χ1v) is 4.99. The van der Waals surface area contributed by atoms with Gasteiger partial charge in [0.2, 0.25) is 11.8 Å². The molecule has 2 N–H and O–H groups in total. The van der Waals surface area contributed by atoms with Crippen molar-refractivity contribution >= 4 is 11.8 Å². The van der Waals surface area contributed by atoms with E-state index in [2.05, 4.69) is 10.6 Å². The first-order chi connectivity index (χ1) is 6.56. The summed E-state index contributed by atoms with van der Waals surface area (Å²) >= 11 is 0. The van der Waals surface area contributed by atoms with Crippen molar-refractivity contribution in [2.75, 3.05) is 14.1 Å². The fourth-order valence-electron chi connectivity index (χ4n) is 1.44. The first kappa shape index (κ1) is 12.9. The van der Waals surface area contributed by atoms with Gasteiger partial charge in [0, 0.05) is 25.9 Å². The molecule has 0 bridgehead atoms. The summed E-state index contributed by atoms with van der Waals surface area (Å²) in [6.07, 6.45) is 1.37. The SMILES string of the molecule is CCC(C[C@@H](C)C(=O)NC)C(=O)NC. The fourth-order valence-corrected chi connectivity index (χ4v) is 1.44. The van der Waals surface area contributed by atoms with Crippen LogP contribution in [-0.4, -0.2) is 25.9 Å². The van der Waals surface area contributed by atoms with E-state index in [4.69, 9.17) is 0 Å². The molecule has 0 rings (SSSR count). The molecule has 0 radical (unpaired) electrons. The second-order valence-corrected chi connectivity index (χ2v) is 3.47. The first-order valence-electron chi connectivity index (χ1n) is 4.99. The maximum absolute atomic E-state index is 11.3. The molecule has 1 unspecified atom stereocenters. The minimum Gasteiger partial charge on any atom is -0.359 e. The van der Waals surface area contributed by atoms with Gasteiger partial charge in [0.05, 0.1) is 0 Å². The minimum atomic E-state index is -0.109. The average molecular weight is 200 g/mol. The van der Waals surface area contributed by atoms with Crippen molar-refractivity contribution in [3.8, 4) is 0 Å². The number of nitrogens with one attached hydrogen (secondary N) is 2. The van der Waals surface area contributed by atoms with Crippen LogP contribution in [0.2, 0.25) is 0 Å². The summed E-state index contributed by atoms with van der Waals surface area (Å²) in [5.41, 5.74) is 0. The number of carbonyl (C=O) groups excluding carboxylic acids is 2. The second-order valence-electron chi connectivity index (χ2n) is 3.47. The summed E-state index contributed by atoms with van der Waals surface area (Å²) in [5, 5.41) is 5.19. The number of rotatable bonds is 5. The molecule has 0 saturated heterocycles. The standard InChI is InChI=1S/C10H20N2O2/c1-5-8(10(14)12-4)6-7(2)9(13)11-3/h7-8H,5-6H2,1-4H3,(H,11,13)(H,12,14)/t7-,8?/m1/s1. The monoisotopic (exact) mass is 200 g/mol. The molecule has 82 valence electrons. The van der Waals surface area contributed by atoms with E-state index in [1.807, 2.05) is 13.8 Å². The van der Waals surface area contributed by atoms with E-state index in [1.165, 1.54) is 0 Å². The molecule has 0 spiro atoms. The Labute approximate surface area is 85.4 Å². The van der Waals surface area contributed by atoms with Crippen molar-refractivity contribution in [3.63, 3.8) is 0 Å². The molecule has 0 aromatic rings. The van der Waals surface area contributed by atoms with Crippen LogP contribution < -0.4 is 10.6 Å².